The van der Waals surface area contributed by atoms with E-state index in [0.29, 0.717) is 44.8 Å². The molecule has 182 valence electrons. The number of likely N-dealkylation sites (tertiary alicyclic amines) is 1. The molecular formula is C28H32N4O3. The topological polar surface area (TPSA) is 76.5 Å². The van der Waals surface area contributed by atoms with Crippen LogP contribution in [0.1, 0.15) is 64.8 Å². The molecule has 7 nitrogen and oxygen atoms in total. The molecule has 7 heteroatoms. The molecule has 0 radical (unpaired) electrons. The van der Waals surface area contributed by atoms with Crippen molar-refractivity contribution in [1.82, 2.24) is 19.8 Å². The summed E-state index contributed by atoms with van der Waals surface area (Å²) in [5, 5.41) is 3.12. The van der Waals surface area contributed by atoms with Crippen molar-refractivity contribution in [2.75, 3.05) is 13.1 Å². The Balaban J connectivity index is 1.17. The SMILES string of the molecule is Cc1ccc([C@H]2Cn3cnc(C(=O)N4CCC(C(=O)N[C@@H](C)c5ccccc5)CC4)c3CO2)cc1. The van der Waals surface area contributed by atoms with Crippen LogP contribution in [0.15, 0.2) is 60.9 Å². The fraction of sp³-hybridized carbons (Fsp3) is 0.393. The predicted octanol–water partition coefficient (Wildman–Crippen LogP) is 4.19. The van der Waals surface area contributed by atoms with Crippen molar-refractivity contribution < 1.29 is 14.3 Å². The smallest absolute Gasteiger partial charge is 0.274 e. The monoisotopic (exact) mass is 472 g/mol. The highest BCUT2D eigenvalue weighted by atomic mass is 16.5. The molecule has 5 rings (SSSR count). The highest BCUT2D eigenvalue weighted by molar-refractivity contribution is 5.93. The third-order valence-electron chi connectivity index (χ3n) is 7.19. The summed E-state index contributed by atoms with van der Waals surface area (Å²) in [6.45, 7) is 6.17. The molecule has 2 aromatic carbocycles. The summed E-state index contributed by atoms with van der Waals surface area (Å²) in [4.78, 5) is 32.3. The van der Waals surface area contributed by atoms with Gasteiger partial charge in [-0.05, 0) is 37.8 Å². The van der Waals surface area contributed by atoms with Gasteiger partial charge in [-0.15, -0.1) is 0 Å². The van der Waals surface area contributed by atoms with Crippen LogP contribution in [0.5, 0.6) is 0 Å². The third-order valence-corrected chi connectivity index (χ3v) is 7.19. The minimum Gasteiger partial charge on any atom is -0.365 e. The molecule has 2 aliphatic rings. The van der Waals surface area contributed by atoms with Crippen molar-refractivity contribution in [3.05, 3.63) is 89.0 Å². The van der Waals surface area contributed by atoms with Crippen LogP contribution < -0.4 is 5.32 Å². The standard InChI is InChI=1S/C28H32N4O3/c1-19-8-10-22(11-9-19)25-16-32-18-29-26(24(32)17-35-25)28(34)31-14-12-23(13-15-31)27(33)30-20(2)21-6-4-3-5-7-21/h3-11,18,20,23,25H,12-17H2,1-2H3,(H,30,33)/t20-,25+/m0/s1. The molecule has 2 atom stereocenters. The third kappa shape index (κ3) is 5.00. The van der Waals surface area contributed by atoms with Crippen molar-refractivity contribution in [2.24, 2.45) is 5.92 Å². The summed E-state index contributed by atoms with van der Waals surface area (Å²) in [6.07, 6.45) is 3.01. The Morgan fingerprint density at radius 3 is 2.49 bits per heavy atom. The molecule has 1 fully saturated rings. The number of aryl methyl sites for hydroxylation is 1. The lowest BCUT2D eigenvalue weighted by Crippen LogP contribution is -2.43. The predicted molar refractivity (Wildman–Crippen MR) is 133 cm³/mol. The molecule has 0 spiro atoms. The average Bonchev–Trinajstić information content (AvgIpc) is 3.32. The van der Waals surface area contributed by atoms with E-state index in [9.17, 15) is 9.59 Å². The molecule has 3 heterocycles. The summed E-state index contributed by atoms with van der Waals surface area (Å²) in [5.74, 6) is -0.101. The van der Waals surface area contributed by atoms with Crippen LogP contribution in [0.2, 0.25) is 0 Å². The first-order chi connectivity index (χ1) is 17.0. The number of nitrogens with zero attached hydrogens (tertiary/aromatic N) is 3. The Hall–Kier alpha value is -3.45. The van der Waals surface area contributed by atoms with E-state index in [0.717, 1.165) is 16.8 Å². The van der Waals surface area contributed by atoms with Gasteiger partial charge in [0.2, 0.25) is 5.91 Å². The second-order valence-electron chi connectivity index (χ2n) is 9.61. The van der Waals surface area contributed by atoms with Gasteiger partial charge in [0.25, 0.3) is 5.91 Å². The molecule has 0 saturated carbocycles. The Morgan fingerprint density at radius 1 is 1.06 bits per heavy atom. The Labute approximate surface area is 206 Å². The van der Waals surface area contributed by atoms with Crippen molar-refractivity contribution >= 4 is 11.8 Å². The van der Waals surface area contributed by atoms with Crippen LogP contribution in [0.4, 0.5) is 0 Å². The summed E-state index contributed by atoms with van der Waals surface area (Å²) >= 11 is 0. The van der Waals surface area contributed by atoms with Gasteiger partial charge in [0.05, 0.1) is 31.2 Å². The largest absolute Gasteiger partial charge is 0.365 e. The van der Waals surface area contributed by atoms with Crippen LogP contribution >= 0.6 is 0 Å². The molecular weight excluding hydrogens is 440 g/mol. The summed E-state index contributed by atoms with van der Waals surface area (Å²) in [7, 11) is 0. The van der Waals surface area contributed by atoms with E-state index in [4.69, 9.17) is 4.74 Å². The van der Waals surface area contributed by atoms with Crippen LogP contribution in [-0.2, 0) is 22.7 Å². The van der Waals surface area contributed by atoms with Gasteiger partial charge in [-0.25, -0.2) is 4.98 Å². The zero-order valence-corrected chi connectivity index (χ0v) is 20.3. The normalized spacial score (nSPS) is 19.1. The van der Waals surface area contributed by atoms with Gasteiger partial charge < -0.3 is 19.5 Å². The maximum atomic E-state index is 13.3. The molecule has 2 aliphatic heterocycles. The molecule has 1 saturated heterocycles. The Bertz CT molecular complexity index is 1180. The van der Waals surface area contributed by atoms with Crippen LogP contribution in [-0.4, -0.2) is 39.4 Å². The first kappa shape index (κ1) is 23.3. The molecule has 0 bridgehead atoms. The van der Waals surface area contributed by atoms with E-state index < -0.39 is 0 Å². The van der Waals surface area contributed by atoms with Gasteiger partial charge in [0, 0.05) is 19.0 Å². The molecule has 2 amide bonds. The lowest BCUT2D eigenvalue weighted by Gasteiger charge is -2.32. The lowest BCUT2D eigenvalue weighted by molar-refractivity contribution is -0.127. The second-order valence-corrected chi connectivity index (χ2v) is 9.61. The van der Waals surface area contributed by atoms with Crippen LogP contribution in [0.3, 0.4) is 0 Å². The van der Waals surface area contributed by atoms with Gasteiger partial charge in [-0.2, -0.15) is 0 Å². The highest BCUT2D eigenvalue weighted by Crippen LogP contribution is 2.29. The summed E-state index contributed by atoms with van der Waals surface area (Å²) in [6, 6.07) is 18.3. The minimum absolute atomic E-state index is 0.0378. The van der Waals surface area contributed by atoms with Crippen molar-refractivity contribution in [3.8, 4) is 0 Å². The van der Waals surface area contributed by atoms with E-state index in [1.165, 1.54) is 5.56 Å². The van der Waals surface area contributed by atoms with E-state index in [1.807, 2.05) is 46.7 Å². The number of rotatable bonds is 5. The number of imidazole rings is 1. The number of piperidine rings is 1. The van der Waals surface area contributed by atoms with Crippen molar-refractivity contribution in [2.45, 2.75) is 52.0 Å². The van der Waals surface area contributed by atoms with Crippen molar-refractivity contribution in [1.29, 1.82) is 0 Å². The van der Waals surface area contributed by atoms with Crippen LogP contribution in [0.25, 0.3) is 0 Å². The Morgan fingerprint density at radius 2 is 1.77 bits per heavy atom. The quantitative estimate of drug-likeness (QED) is 0.604. The molecule has 35 heavy (non-hydrogen) atoms. The number of carbonyl (C=O) groups excluding carboxylic acids is 2. The molecule has 1 aromatic heterocycles. The molecule has 1 N–H and O–H groups in total. The minimum atomic E-state index is -0.0836. The molecule has 0 aliphatic carbocycles. The van der Waals surface area contributed by atoms with E-state index in [1.54, 1.807) is 6.33 Å². The van der Waals surface area contributed by atoms with E-state index in [-0.39, 0.29) is 29.9 Å². The first-order valence-corrected chi connectivity index (χ1v) is 12.4. The van der Waals surface area contributed by atoms with Crippen molar-refractivity contribution in [3.63, 3.8) is 0 Å². The average molecular weight is 473 g/mol. The number of hydrogen-bond donors (Lipinski definition) is 1. The van der Waals surface area contributed by atoms with Gasteiger partial charge in [0.1, 0.15) is 6.10 Å². The lowest BCUT2D eigenvalue weighted by atomic mass is 9.95. The Kier molecular flexibility index (Phi) is 6.68. The first-order valence-electron chi connectivity index (χ1n) is 12.4. The van der Waals surface area contributed by atoms with Gasteiger partial charge >= 0.3 is 0 Å². The summed E-state index contributed by atoms with van der Waals surface area (Å²) in [5.41, 5.74) is 4.73. The number of benzene rings is 2. The fourth-order valence-corrected chi connectivity index (χ4v) is 4.94. The summed E-state index contributed by atoms with van der Waals surface area (Å²) < 4.78 is 8.14. The number of hydrogen-bond acceptors (Lipinski definition) is 4. The second kappa shape index (κ2) is 10.0. The van der Waals surface area contributed by atoms with Gasteiger partial charge in [-0.1, -0.05) is 60.2 Å². The van der Waals surface area contributed by atoms with Gasteiger partial charge in [0.15, 0.2) is 5.69 Å². The van der Waals surface area contributed by atoms with Crippen LogP contribution in [0, 0.1) is 12.8 Å². The highest BCUT2D eigenvalue weighted by Gasteiger charge is 2.32. The fourth-order valence-electron chi connectivity index (χ4n) is 4.94. The molecule has 3 aromatic rings. The zero-order valence-electron chi connectivity index (χ0n) is 20.3. The number of amides is 2. The van der Waals surface area contributed by atoms with Gasteiger partial charge in [-0.3, -0.25) is 9.59 Å². The van der Waals surface area contributed by atoms with E-state index in [2.05, 4.69) is 41.5 Å². The number of fused-ring (bicyclic) bond motifs is 1. The maximum Gasteiger partial charge on any atom is 0.274 e. The number of aromatic nitrogens is 2. The maximum absolute atomic E-state index is 13.3. The molecule has 0 unspecified atom stereocenters. The van der Waals surface area contributed by atoms with E-state index >= 15 is 0 Å². The number of carbonyl (C=O) groups is 2. The zero-order chi connectivity index (χ0) is 24.4. The number of nitrogens with one attached hydrogen (secondary N) is 1. The number of ether oxygens (including phenoxy) is 1.